The summed E-state index contributed by atoms with van der Waals surface area (Å²) >= 11 is 1.87. The zero-order valence-corrected chi connectivity index (χ0v) is 13.9. The number of aryl methyl sites for hydroxylation is 1. The molecule has 0 aromatic carbocycles. The fourth-order valence-corrected chi connectivity index (χ4v) is 4.12. The molecule has 1 aromatic rings. The van der Waals surface area contributed by atoms with Crippen molar-refractivity contribution in [2.24, 2.45) is 0 Å². The first kappa shape index (κ1) is 15.7. The lowest BCUT2D eigenvalue weighted by atomic mass is 9.98. The van der Waals surface area contributed by atoms with Gasteiger partial charge in [-0.25, -0.2) is 4.98 Å². The second-order valence-corrected chi connectivity index (χ2v) is 6.60. The van der Waals surface area contributed by atoms with Crippen LogP contribution in [-0.2, 0) is 11.2 Å². The van der Waals surface area contributed by atoms with Gasteiger partial charge in [-0.2, -0.15) is 0 Å². The minimum Gasteiger partial charge on any atom is -0.383 e. The Morgan fingerprint density at radius 1 is 1.50 bits per heavy atom. The molecule has 1 N–H and O–H groups in total. The van der Waals surface area contributed by atoms with Crippen molar-refractivity contribution in [2.45, 2.75) is 52.1 Å². The summed E-state index contributed by atoms with van der Waals surface area (Å²) in [6, 6.07) is 0.960. The van der Waals surface area contributed by atoms with Crippen molar-refractivity contribution in [1.82, 2.24) is 10.3 Å². The lowest BCUT2D eigenvalue weighted by molar-refractivity contribution is 0.204. The van der Waals surface area contributed by atoms with Gasteiger partial charge in [-0.05, 0) is 39.7 Å². The van der Waals surface area contributed by atoms with Gasteiger partial charge in [0.1, 0.15) is 0 Å². The molecule has 1 unspecified atom stereocenters. The van der Waals surface area contributed by atoms with E-state index in [4.69, 9.17) is 9.72 Å². The van der Waals surface area contributed by atoms with Gasteiger partial charge in [-0.15, -0.1) is 0 Å². The number of ether oxygens (including phenoxy) is 1. The van der Waals surface area contributed by atoms with Crippen molar-refractivity contribution < 1.29 is 4.74 Å². The molecule has 0 saturated heterocycles. The summed E-state index contributed by atoms with van der Waals surface area (Å²) in [7, 11) is 1.76. The van der Waals surface area contributed by atoms with Gasteiger partial charge in [0.05, 0.1) is 12.3 Å². The third-order valence-corrected chi connectivity index (χ3v) is 5.04. The molecule has 0 fully saturated rings. The highest BCUT2D eigenvalue weighted by atomic mass is 32.1. The summed E-state index contributed by atoms with van der Waals surface area (Å²) in [4.78, 5) is 8.72. The van der Waals surface area contributed by atoms with Gasteiger partial charge in [-0.3, -0.25) is 0 Å². The third kappa shape index (κ3) is 3.51. The minimum atomic E-state index is 0.454. The number of anilines is 1. The van der Waals surface area contributed by atoms with Crippen LogP contribution in [0.15, 0.2) is 0 Å². The summed E-state index contributed by atoms with van der Waals surface area (Å²) < 4.78 is 5.23. The predicted octanol–water partition coefficient (Wildman–Crippen LogP) is 2.99. The van der Waals surface area contributed by atoms with Crippen LogP contribution in [0.5, 0.6) is 0 Å². The van der Waals surface area contributed by atoms with E-state index in [9.17, 15) is 0 Å². The first-order valence-electron chi connectivity index (χ1n) is 7.65. The molecular weight excluding hydrogens is 270 g/mol. The molecule has 2 rings (SSSR count). The van der Waals surface area contributed by atoms with E-state index in [0.29, 0.717) is 12.1 Å². The lowest BCUT2D eigenvalue weighted by Gasteiger charge is -2.25. The van der Waals surface area contributed by atoms with Crippen LogP contribution >= 0.6 is 11.3 Å². The molecule has 1 aromatic heterocycles. The van der Waals surface area contributed by atoms with E-state index in [1.807, 2.05) is 11.3 Å². The molecule has 0 saturated carbocycles. The molecule has 5 heteroatoms. The number of hydrogen-bond donors (Lipinski definition) is 1. The van der Waals surface area contributed by atoms with Crippen molar-refractivity contribution >= 4 is 16.5 Å². The molecule has 0 radical (unpaired) electrons. The molecule has 0 bridgehead atoms. The van der Waals surface area contributed by atoms with E-state index >= 15 is 0 Å². The number of thiazole rings is 1. The van der Waals surface area contributed by atoms with Gasteiger partial charge in [0.2, 0.25) is 0 Å². The summed E-state index contributed by atoms with van der Waals surface area (Å²) in [6.07, 6.45) is 3.61. The van der Waals surface area contributed by atoms with E-state index in [0.717, 1.165) is 31.2 Å². The van der Waals surface area contributed by atoms with E-state index in [1.54, 1.807) is 7.11 Å². The molecule has 1 aliphatic rings. The fourth-order valence-electron chi connectivity index (χ4n) is 2.74. The van der Waals surface area contributed by atoms with Crippen molar-refractivity contribution in [3.8, 4) is 0 Å². The normalized spacial score (nSPS) is 18.4. The smallest absolute Gasteiger partial charge is 0.186 e. The number of fused-ring (bicyclic) bond motifs is 1. The highest BCUT2D eigenvalue weighted by Crippen LogP contribution is 2.37. The van der Waals surface area contributed by atoms with Gasteiger partial charge in [0, 0.05) is 30.6 Å². The molecule has 114 valence electrons. The highest BCUT2D eigenvalue weighted by Gasteiger charge is 2.26. The Morgan fingerprint density at radius 3 is 2.95 bits per heavy atom. The monoisotopic (exact) mass is 297 g/mol. The van der Waals surface area contributed by atoms with Crippen LogP contribution in [0.25, 0.3) is 0 Å². The quantitative estimate of drug-likeness (QED) is 0.839. The van der Waals surface area contributed by atoms with Gasteiger partial charge in [-0.1, -0.05) is 18.3 Å². The standard InChI is InChI=1S/C15H27N3OS/c1-5-16-12-7-6-8-13-14(12)20-15(17-13)18(11(2)3)9-10-19-4/h11-12,16H,5-10H2,1-4H3. The highest BCUT2D eigenvalue weighted by molar-refractivity contribution is 7.15. The number of methoxy groups -OCH3 is 1. The summed E-state index contributed by atoms with van der Waals surface area (Å²) in [5.74, 6) is 0. The Kier molecular flexibility index (Phi) is 5.81. The van der Waals surface area contributed by atoms with E-state index in [1.165, 1.54) is 23.4 Å². The Labute approximate surface area is 126 Å². The number of nitrogens with zero attached hydrogens (tertiary/aromatic N) is 2. The van der Waals surface area contributed by atoms with Gasteiger partial charge >= 0.3 is 0 Å². The van der Waals surface area contributed by atoms with Crippen LogP contribution in [0.3, 0.4) is 0 Å². The molecular formula is C15H27N3OS. The van der Waals surface area contributed by atoms with Gasteiger partial charge < -0.3 is 15.0 Å². The largest absolute Gasteiger partial charge is 0.383 e. The van der Waals surface area contributed by atoms with Crippen molar-refractivity contribution in [3.63, 3.8) is 0 Å². The number of rotatable bonds is 7. The first-order chi connectivity index (χ1) is 9.67. The zero-order valence-electron chi connectivity index (χ0n) is 13.1. The Balaban J connectivity index is 2.20. The van der Waals surface area contributed by atoms with Crippen LogP contribution in [0.2, 0.25) is 0 Å². The van der Waals surface area contributed by atoms with Crippen LogP contribution in [0, 0.1) is 0 Å². The Morgan fingerprint density at radius 2 is 2.30 bits per heavy atom. The molecule has 4 nitrogen and oxygen atoms in total. The third-order valence-electron chi connectivity index (χ3n) is 3.80. The van der Waals surface area contributed by atoms with Crippen molar-refractivity contribution in [1.29, 1.82) is 0 Å². The molecule has 0 amide bonds. The average molecular weight is 297 g/mol. The van der Waals surface area contributed by atoms with Crippen LogP contribution in [0.4, 0.5) is 5.13 Å². The zero-order chi connectivity index (χ0) is 14.5. The van der Waals surface area contributed by atoms with Crippen LogP contribution in [-0.4, -0.2) is 37.8 Å². The summed E-state index contributed by atoms with van der Waals surface area (Å²) in [5.41, 5.74) is 1.31. The van der Waals surface area contributed by atoms with Crippen molar-refractivity contribution in [2.75, 3.05) is 31.7 Å². The maximum absolute atomic E-state index is 5.23. The van der Waals surface area contributed by atoms with E-state index < -0.39 is 0 Å². The summed E-state index contributed by atoms with van der Waals surface area (Å²) in [6.45, 7) is 9.30. The van der Waals surface area contributed by atoms with Crippen LogP contribution in [0.1, 0.15) is 50.2 Å². The average Bonchev–Trinajstić information content (AvgIpc) is 2.84. The maximum Gasteiger partial charge on any atom is 0.186 e. The van der Waals surface area contributed by atoms with E-state index in [2.05, 4.69) is 31.0 Å². The SMILES string of the molecule is CCNC1CCCc2nc(N(CCOC)C(C)C)sc21. The topological polar surface area (TPSA) is 37.4 Å². The maximum atomic E-state index is 5.23. The number of hydrogen-bond acceptors (Lipinski definition) is 5. The second kappa shape index (κ2) is 7.38. The molecule has 1 aliphatic carbocycles. The molecule has 20 heavy (non-hydrogen) atoms. The first-order valence-corrected chi connectivity index (χ1v) is 8.47. The molecule has 0 spiro atoms. The Hall–Kier alpha value is -0.650. The number of nitrogens with one attached hydrogen (secondary N) is 1. The molecule has 1 atom stereocenters. The van der Waals surface area contributed by atoms with E-state index in [-0.39, 0.29) is 0 Å². The van der Waals surface area contributed by atoms with Crippen LogP contribution < -0.4 is 10.2 Å². The molecule has 0 aliphatic heterocycles. The number of aromatic nitrogens is 1. The second-order valence-electron chi connectivity index (χ2n) is 5.59. The van der Waals surface area contributed by atoms with Crippen molar-refractivity contribution in [3.05, 3.63) is 10.6 Å². The fraction of sp³-hybridized carbons (Fsp3) is 0.800. The minimum absolute atomic E-state index is 0.454. The predicted molar refractivity (Wildman–Crippen MR) is 85.8 cm³/mol. The Bertz CT molecular complexity index is 419. The lowest BCUT2D eigenvalue weighted by Crippen LogP contribution is -2.33. The van der Waals surface area contributed by atoms with Gasteiger partial charge in [0.25, 0.3) is 0 Å². The summed E-state index contributed by atoms with van der Waals surface area (Å²) in [5, 5.41) is 4.75. The van der Waals surface area contributed by atoms with Gasteiger partial charge in [0.15, 0.2) is 5.13 Å². The molecule has 1 heterocycles.